The molecule has 0 aromatic heterocycles. The van der Waals surface area contributed by atoms with Crippen molar-refractivity contribution in [3.8, 4) is 0 Å². The molecule has 3 N–H and O–H groups in total. The fourth-order valence-corrected chi connectivity index (χ4v) is 10.2. The summed E-state index contributed by atoms with van der Waals surface area (Å²) in [6, 6.07) is 0. The molecule has 0 bridgehead atoms. The Balaban J connectivity index is 3.78. The molecule has 0 heterocycles. The maximum absolute atomic E-state index is 12.7. The zero-order valence-electron chi connectivity index (χ0n) is 48.1. The van der Waals surface area contributed by atoms with Gasteiger partial charge in [0.15, 0.2) is 6.10 Å². The topological polar surface area (TPSA) is 134 Å². The molecule has 2 unspecified atom stereocenters. The van der Waals surface area contributed by atoms with Gasteiger partial charge in [-0.1, -0.05) is 301 Å². The van der Waals surface area contributed by atoms with Gasteiger partial charge >= 0.3 is 19.8 Å². The van der Waals surface area contributed by atoms with E-state index >= 15 is 0 Å². The SMILES string of the molecule is CC/C=C\C/C=C\C/C=C\CCCCCCCCCC(=O)OC(COC(=O)CCCCCCCCCCCCCCCCCCCCCCCCCCCCCCCCCCCCC)COP(=O)(O)OCCN. The van der Waals surface area contributed by atoms with Gasteiger partial charge in [-0.15, -0.1) is 0 Å². The summed E-state index contributed by atoms with van der Waals surface area (Å²) in [6.45, 7) is 3.67. The Kier molecular flexibility index (Phi) is 58.0. The first kappa shape index (κ1) is 71.2. The molecule has 0 aliphatic heterocycles. The number of esters is 2. The molecule has 0 spiro atoms. The monoisotopic (exact) mass is 1050 g/mol. The summed E-state index contributed by atoms with van der Waals surface area (Å²) in [6.07, 6.45) is 72.4. The number of hydrogen-bond acceptors (Lipinski definition) is 8. The van der Waals surface area contributed by atoms with E-state index in [9.17, 15) is 19.0 Å². The number of unbranched alkanes of at least 4 members (excludes halogenated alkanes) is 41. The fourth-order valence-electron chi connectivity index (χ4n) is 9.42. The molecule has 0 aliphatic carbocycles. The van der Waals surface area contributed by atoms with E-state index in [1.54, 1.807) is 0 Å². The summed E-state index contributed by atoms with van der Waals surface area (Å²) in [4.78, 5) is 35.2. The van der Waals surface area contributed by atoms with Gasteiger partial charge in [0, 0.05) is 19.4 Å². The predicted octanol–water partition coefficient (Wildman–Crippen LogP) is 20.0. The minimum absolute atomic E-state index is 0.0524. The van der Waals surface area contributed by atoms with E-state index in [0.717, 1.165) is 64.2 Å². The lowest BCUT2D eigenvalue weighted by Gasteiger charge is -2.19. The van der Waals surface area contributed by atoms with Crippen molar-refractivity contribution in [3.63, 3.8) is 0 Å². The second-order valence-corrected chi connectivity index (χ2v) is 22.7. The van der Waals surface area contributed by atoms with Crippen LogP contribution in [0.1, 0.15) is 322 Å². The zero-order valence-corrected chi connectivity index (χ0v) is 49.0. The van der Waals surface area contributed by atoms with Gasteiger partial charge in [0.25, 0.3) is 0 Å². The van der Waals surface area contributed by atoms with E-state index in [1.807, 2.05) is 0 Å². The lowest BCUT2D eigenvalue weighted by atomic mass is 10.0. The molecule has 9 nitrogen and oxygen atoms in total. The Morgan fingerprint density at radius 2 is 0.753 bits per heavy atom. The molecule has 0 fully saturated rings. The number of phosphoric ester groups is 1. The van der Waals surface area contributed by atoms with E-state index in [1.165, 1.54) is 225 Å². The van der Waals surface area contributed by atoms with Crippen LogP contribution in [0.15, 0.2) is 36.5 Å². The number of nitrogens with two attached hydrogens (primary N) is 1. The van der Waals surface area contributed by atoms with Crippen LogP contribution in [0.4, 0.5) is 0 Å². The molecule has 0 saturated heterocycles. The van der Waals surface area contributed by atoms with Crippen molar-refractivity contribution in [2.24, 2.45) is 5.73 Å². The Labute approximate surface area is 452 Å². The molecule has 0 aromatic rings. The Morgan fingerprint density at radius 1 is 0.425 bits per heavy atom. The maximum atomic E-state index is 12.7. The molecule has 73 heavy (non-hydrogen) atoms. The third-order valence-corrected chi connectivity index (χ3v) is 15.0. The van der Waals surface area contributed by atoms with Crippen molar-refractivity contribution < 1.29 is 37.6 Å². The summed E-state index contributed by atoms with van der Waals surface area (Å²) in [5.41, 5.74) is 5.38. The first-order valence-corrected chi connectivity index (χ1v) is 33.0. The predicted molar refractivity (Wildman–Crippen MR) is 312 cm³/mol. The van der Waals surface area contributed by atoms with Gasteiger partial charge in [-0.05, 0) is 44.9 Å². The third-order valence-electron chi connectivity index (χ3n) is 14.0. The van der Waals surface area contributed by atoms with Crippen LogP contribution in [-0.2, 0) is 32.7 Å². The van der Waals surface area contributed by atoms with Crippen molar-refractivity contribution >= 4 is 19.8 Å². The van der Waals surface area contributed by atoms with Crippen LogP contribution in [0.5, 0.6) is 0 Å². The Hall–Kier alpha value is -1.77. The second-order valence-electron chi connectivity index (χ2n) is 21.3. The molecule has 0 aliphatic rings. The lowest BCUT2D eigenvalue weighted by molar-refractivity contribution is -0.161. The number of phosphoric acid groups is 1. The highest BCUT2D eigenvalue weighted by molar-refractivity contribution is 7.47. The van der Waals surface area contributed by atoms with Gasteiger partial charge in [-0.3, -0.25) is 18.6 Å². The highest BCUT2D eigenvalue weighted by Crippen LogP contribution is 2.43. The molecule has 0 saturated carbocycles. The number of carbonyl (C=O) groups is 2. The average Bonchev–Trinajstić information content (AvgIpc) is 3.38. The van der Waals surface area contributed by atoms with E-state index in [-0.39, 0.29) is 38.6 Å². The van der Waals surface area contributed by atoms with Crippen LogP contribution in [0.25, 0.3) is 0 Å². The molecule has 2 atom stereocenters. The number of hydrogen-bond donors (Lipinski definition) is 2. The molecular formula is C63H120NO8P. The Morgan fingerprint density at radius 3 is 1.12 bits per heavy atom. The van der Waals surface area contributed by atoms with Gasteiger partial charge in [0.1, 0.15) is 6.61 Å². The summed E-state index contributed by atoms with van der Waals surface area (Å²) in [5, 5.41) is 0. The van der Waals surface area contributed by atoms with Crippen molar-refractivity contribution in [1.29, 1.82) is 0 Å². The van der Waals surface area contributed by atoms with Gasteiger partial charge in [-0.25, -0.2) is 4.57 Å². The zero-order chi connectivity index (χ0) is 53.1. The lowest BCUT2D eigenvalue weighted by Crippen LogP contribution is -2.29. The number of allylic oxidation sites excluding steroid dienone is 6. The molecule has 10 heteroatoms. The molecule has 0 radical (unpaired) electrons. The summed E-state index contributed by atoms with van der Waals surface area (Å²) < 4.78 is 33.0. The van der Waals surface area contributed by atoms with Crippen LogP contribution in [0, 0.1) is 0 Å². The summed E-state index contributed by atoms with van der Waals surface area (Å²) in [7, 11) is -4.39. The first-order chi connectivity index (χ1) is 35.8. The average molecular weight is 1050 g/mol. The van der Waals surface area contributed by atoms with Crippen molar-refractivity contribution in [2.75, 3.05) is 26.4 Å². The summed E-state index contributed by atoms with van der Waals surface area (Å²) in [5.74, 6) is -0.825. The number of carbonyl (C=O) groups excluding carboxylic acids is 2. The van der Waals surface area contributed by atoms with Crippen molar-refractivity contribution in [1.82, 2.24) is 0 Å². The van der Waals surface area contributed by atoms with E-state index < -0.39 is 26.5 Å². The van der Waals surface area contributed by atoms with E-state index in [0.29, 0.717) is 6.42 Å². The minimum Gasteiger partial charge on any atom is -0.462 e. The van der Waals surface area contributed by atoms with Crippen LogP contribution < -0.4 is 5.73 Å². The second kappa shape index (κ2) is 59.5. The number of ether oxygens (including phenoxy) is 2. The highest BCUT2D eigenvalue weighted by Gasteiger charge is 2.26. The molecule has 0 rings (SSSR count). The van der Waals surface area contributed by atoms with Crippen molar-refractivity contribution in [3.05, 3.63) is 36.5 Å². The normalized spacial score (nSPS) is 13.2. The Bertz CT molecular complexity index is 1290. The van der Waals surface area contributed by atoms with Crippen LogP contribution in [0.2, 0.25) is 0 Å². The van der Waals surface area contributed by atoms with Crippen molar-refractivity contribution in [2.45, 2.75) is 328 Å². The largest absolute Gasteiger partial charge is 0.472 e. The standard InChI is InChI=1S/C63H120NO8P/c1-3-5-7-9-11-13-15-17-19-21-22-23-24-25-26-27-28-29-30-31-32-33-34-35-36-37-38-40-41-43-45-47-49-51-53-55-62(65)69-59-61(60-71-73(67,68)70-58-57-64)72-63(66)56-54-52-50-48-46-44-42-39-20-18-16-14-12-10-8-6-4-2/h6,8,12,14,18,20,61H,3-5,7,9-11,13,15-17,19,21-60,64H2,1-2H3,(H,67,68)/b8-6-,14-12-,20-18-. The molecule has 0 amide bonds. The van der Waals surface area contributed by atoms with Gasteiger partial charge in [-0.2, -0.15) is 0 Å². The third kappa shape index (κ3) is 59.3. The van der Waals surface area contributed by atoms with Crippen LogP contribution in [0.3, 0.4) is 0 Å². The highest BCUT2D eigenvalue weighted by atomic mass is 31.2. The van der Waals surface area contributed by atoms with Gasteiger partial charge in [0.2, 0.25) is 0 Å². The first-order valence-electron chi connectivity index (χ1n) is 31.5. The van der Waals surface area contributed by atoms with E-state index in [4.69, 9.17) is 24.3 Å². The van der Waals surface area contributed by atoms with Crippen LogP contribution in [-0.4, -0.2) is 49.3 Å². The summed E-state index contributed by atoms with van der Waals surface area (Å²) >= 11 is 0. The number of rotatable bonds is 60. The minimum atomic E-state index is -4.39. The molecule has 430 valence electrons. The fraction of sp³-hybridized carbons (Fsp3) is 0.873. The molecule has 0 aromatic carbocycles. The smallest absolute Gasteiger partial charge is 0.462 e. The maximum Gasteiger partial charge on any atom is 0.472 e. The van der Waals surface area contributed by atoms with Crippen LogP contribution >= 0.6 is 7.82 Å². The van der Waals surface area contributed by atoms with Gasteiger partial charge < -0.3 is 20.1 Å². The van der Waals surface area contributed by atoms with E-state index in [2.05, 4.69) is 50.3 Å². The van der Waals surface area contributed by atoms with Gasteiger partial charge in [0.05, 0.1) is 13.2 Å². The quantitative estimate of drug-likeness (QED) is 0.0264. The molecular weight excluding hydrogens is 930 g/mol.